The molecule has 0 unspecified atom stereocenters. The van der Waals surface area contributed by atoms with Crippen LogP contribution in [0.15, 0.2) is 53.4 Å². The number of nitrogens with zero attached hydrogens (tertiary/aromatic N) is 3. The first-order valence-corrected chi connectivity index (χ1v) is 13.6. The molecule has 3 aromatic rings. The fraction of sp³-hybridized carbons (Fsp3) is 0.346. The standard InChI is InChI=1S/C26H28N4O5S/c1-35-21-6-3-18(4-7-21)24-16-20-17-29(12-2-13-30(20)28-24)26(32)11-14-36(33,34)22-8-9-23-19(15-22)5-10-25(31)27-23/h3-4,6-9,15-16H,2,5,10-14,17H2,1H3,(H,27,31). The third-order valence-electron chi connectivity index (χ3n) is 6.67. The number of hydrogen-bond acceptors (Lipinski definition) is 6. The number of fused-ring (bicyclic) bond motifs is 2. The van der Waals surface area contributed by atoms with Gasteiger partial charge in [-0.05, 0) is 66.9 Å². The maximum Gasteiger partial charge on any atom is 0.224 e. The molecule has 2 aliphatic heterocycles. The molecule has 36 heavy (non-hydrogen) atoms. The zero-order valence-corrected chi connectivity index (χ0v) is 20.9. The molecule has 0 atom stereocenters. The molecule has 10 heteroatoms. The average molecular weight is 509 g/mol. The van der Waals surface area contributed by atoms with Crippen LogP contribution in [0.4, 0.5) is 5.69 Å². The van der Waals surface area contributed by atoms with E-state index >= 15 is 0 Å². The minimum Gasteiger partial charge on any atom is -0.497 e. The normalized spacial score (nSPS) is 15.5. The predicted molar refractivity (Wildman–Crippen MR) is 134 cm³/mol. The Balaban J connectivity index is 1.25. The SMILES string of the molecule is COc1ccc(-c2cc3n(n2)CCCN(C(=O)CCS(=O)(=O)c2ccc4c(c2)CCC(=O)N4)C3)cc1. The van der Waals surface area contributed by atoms with Gasteiger partial charge < -0.3 is 15.0 Å². The van der Waals surface area contributed by atoms with Crippen LogP contribution in [0.5, 0.6) is 5.75 Å². The van der Waals surface area contributed by atoms with E-state index in [9.17, 15) is 18.0 Å². The second kappa shape index (κ2) is 9.77. The lowest BCUT2D eigenvalue weighted by molar-refractivity contribution is -0.131. The van der Waals surface area contributed by atoms with E-state index in [1.54, 1.807) is 24.1 Å². The smallest absolute Gasteiger partial charge is 0.224 e. The number of ether oxygens (including phenoxy) is 1. The topological polar surface area (TPSA) is 111 Å². The molecule has 2 aliphatic rings. The summed E-state index contributed by atoms with van der Waals surface area (Å²) in [6, 6.07) is 14.4. The summed E-state index contributed by atoms with van der Waals surface area (Å²) in [7, 11) is -2.01. The summed E-state index contributed by atoms with van der Waals surface area (Å²) >= 11 is 0. The molecule has 9 nitrogen and oxygen atoms in total. The van der Waals surface area contributed by atoms with Crippen LogP contribution in [0.1, 0.15) is 30.5 Å². The van der Waals surface area contributed by atoms with Gasteiger partial charge in [0.25, 0.3) is 0 Å². The van der Waals surface area contributed by atoms with Gasteiger partial charge in [0.05, 0.1) is 35.7 Å². The van der Waals surface area contributed by atoms with Gasteiger partial charge in [-0.15, -0.1) is 0 Å². The van der Waals surface area contributed by atoms with E-state index in [4.69, 9.17) is 9.84 Å². The van der Waals surface area contributed by atoms with Crippen LogP contribution in [0, 0.1) is 0 Å². The van der Waals surface area contributed by atoms with Gasteiger partial charge in [-0.2, -0.15) is 5.10 Å². The van der Waals surface area contributed by atoms with E-state index in [1.165, 1.54) is 6.07 Å². The molecule has 0 radical (unpaired) electrons. The number of methoxy groups -OCH3 is 1. The number of benzene rings is 2. The van der Waals surface area contributed by atoms with Crippen molar-refractivity contribution < 1.29 is 22.7 Å². The van der Waals surface area contributed by atoms with Crippen molar-refractivity contribution in [3.63, 3.8) is 0 Å². The van der Waals surface area contributed by atoms with Crippen LogP contribution in [0.3, 0.4) is 0 Å². The molecule has 0 spiro atoms. The Hall–Kier alpha value is -3.66. The average Bonchev–Trinajstić information content (AvgIpc) is 3.18. The summed E-state index contributed by atoms with van der Waals surface area (Å²) in [5.41, 5.74) is 4.16. The quantitative estimate of drug-likeness (QED) is 0.548. The minimum atomic E-state index is -3.64. The largest absolute Gasteiger partial charge is 0.497 e. The summed E-state index contributed by atoms with van der Waals surface area (Å²) in [5, 5.41) is 7.47. The molecule has 0 aliphatic carbocycles. The molecule has 0 fully saturated rings. The monoisotopic (exact) mass is 508 g/mol. The van der Waals surface area contributed by atoms with Crippen LogP contribution in [0.2, 0.25) is 0 Å². The Bertz CT molecular complexity index is 1410. The summed E-state index contributed by atoms with van der Waals surface area (Å²) in [6.45, 7) is 1.64. The van der Waals surface area contributed by atoms with Crippen molar-refractivity contribution >= 4 is 27.3 Å². The number of carbonyl (C=O) groups excluding carboxylic acids is 2. The first-order chi connectivity index (χ1) is 17.3. The lowest BCUT2D eigenvalue weighted by Gasteiger charge is -2.20. The number of aryl methyl sites for hydroxylation is 2. The fourth-order valence-electron chi connectivity index (χ4n) is 4.63. The Labute approximate surface area is 210 Å². The Morgan fingerprint density at radius 3 is 2.67 bits per heavy atom. The van der Waals surface area contributed by atoms with E-state index in [1.807, 2.05) is 35.0 Å². The zero-order chi connectivity index (χ0) is 25.3. The van der Waals surface area contributed by atoms with Crippen molar-refractivity contribution in [3.05, 3.63) is 59.8 Å². The molecular formula is C26H28N4O5S. The van der Waals surface area contributed by atoms with Gasteiger partial charge in [-0.1, -0.05) is 0 Å². The highest BCUT2D eigenvalue weighted by atomic mass is 32.2. The second-order valence-corrected chi connectivity index (χ2v) is 11.2. The number of rotatable bonds is 6. The van der Waals surface area contributed by atoms with Gasteiger partial charge >= 0.3 is 0 Å². The minimum absolute atomic E-state index is 0.0707. The number of nitrogens with one attached hydrogen (secondary N) is 1. The van der Waals surface area contributed by atoms with E-state index in [0.717, 1.165) is 34.7 Å². The number of hydrogen-bond donors (Lipinski definition) is 1. The summed E-state index contributed by atoms with van der Waals surface area (Å²) in [4.78, 5) is 26.5. The molecular weight excluding hydrogens is 480 g/mol. The zero-order valence-electron chi connectivity index (χ0n) is 20.1. The van der Waals surface area contributed by atoms with Crippen molar-refractivity contribution in [1.82, 2.24) is 14.7 Å². The third-order valence-corrected chi connectivity index (χ3v) is 8.38. The molecule has 0 saturated heterocycles. The van der Waals surface area contributed by atoms with E-state index < -0.39 is 9.84 Å². The molecule has 2 aromatic carbocycles. The van der Waals surface area contributed by atoms with Crippen LogP contribution in [-0.4, -0.2) is 54.3 Å². The van der Waals surface area contributed by atoms with Crippen LogP contribution in [0.25, 0.3) is 11.3 Å². The molecule has 0 saturated carbocycles. The van der Waals surface area contributed by atoms with Crippen LogP contribution < -0.4 is 10.1 Å². The van der Waals surface area contributed by atoms with Gasteiger partial charge in [0.2, 0.25) is 11.8 Å². The first-order valence-electron chi connectivity index (χ1n) is 12.0. The highest BCUT2D eigenvalue weighted by Gasteiger charge is 2.25. The Morgan fingerprint density at radius 2 is 1.89 bits per heavy atom. The van der Waals surface area contributed by atoms with Crippen LogP contribution >= 0.6 is 0 Å². The Kier molecular flexibility index (Phi) is 6.53. The number of sulfone groups is 1. The van der Waals surface area contributed by atoms with Crippen LogP contribution in [-0.2, 0) is 38.9 Å². The highest BCUT2D eigenvalue weighted by molar-refractivity contribution is 7.91. The molecule has 188 valence electrons. The van der Waals surface area contributed by atoms with E-state index in [-0.39, 0.29) is 28.9 Å². The van der Waals surface area contributed by atoms with E-state index in [0.29, 0.717) is 38.2 Å². The van der Waals surface area contributed by atoms with Crippen molar-refractivity contribution in [2.24, 2.45) is 0 Å². The number of carbonyl (C=O) groups is 2. The molecule has 5 rings (SSSR count). The van der Waals surface area contributed by atoms with Gasteiger partial charge in [-0.25, -0.2) is 8.42 Å². The van der Waals surface area contributed by atoms with Gasteiger partial charge in [0.1, 0.15) is 5.75 Å². The van der Waals surface area contributed by atoms with Crippen molar-refractivity contribution in [2.45, 2.75) is 43.7 Å². The van der Waals surface area contributed by atoms with Crippen molar-refractivity contribution in [3.8, 4) is 17.0 Å². The van der Waals surface area contributed by atoms with Gasteiger partial charge in [-0.3, -0.25) is 14.3 Å². The lowest BCUT2D eigenvalue weighted by Crippen LogP contribution is -2.32. The number of aromatic nitrogens is 2. The van der Waals surface area contributed by atoms with Crippen molar-refractivity contribution in [2.75, 3.05) is 24.7 Å². The Morgan fingerprint density at radius 1 is 1.08 bits per heavy atom. The fourth-order valence-corrected chi connectivity index (χ4v) is 5.91. The molecule has 1 N–H and O–H groups in total. The highest BCUT2D eigenvalue weighted by Crippen LogP contribution is 2.27. The number of anilines is 1. The molecule has 1 aromatic heterocycles. The lowest BCUT2D eigenvalue weighted by atomic mass is 10.0. The first kappa shape index (κ1) is 24.1. The summed E-state index contributed by atoms with van der Waals surface area (Å²) in [5.74, 6) is 0.251. The molecule has 0 bridgehead atoms. The van der Waals surface area contributed by atoms with Crippen molar-refractivity contribution in [1.29, 1.82) is 0 Å². The molecule has 3 heterocycles. The van der Waals surface area contributed by atoms with E-state index in [2.05, 4.69) is 5.32 Å². The molecule has 2 amide bonds. The maximum absolute atomic E-state index is 13.0. The second-order valence-electron chi connectivity index (χ2n) is 9.08. The summed E-state index contributed by atoms with van der Waals surface area (Å²) < 4.78 is 33.1. The maximum atomic E-state index is 13.0. The summed E-state index contributed by atoms with van der Waals surface area (Å²) in [6.07, 6.45) is 1.49. The van der Waals surface area contributed by atoms with Gasteiger partial charge in [0.15, 0.2) is 9.84 Å². The number of amides is 2. The predicted octanol–water partition coefficient (Wildman–Crippen LogP) is 3.04. The third kappa shape index (κ3) is 4.99. The van der Waals surface area contributed by atoms with Gasteiger partial charge in [0, 0.05) is 37.2 Å².